The van der Waals surface area contributed by atoms with Crippen LogP contribution >= 0.6 is 0 Å². The minimum absolute atomic E-state index is 0. The molecule has 0 aliphatic rings. The molecule has 0 aromatic rings. The van der Waals surface area contributed by atoms with E-state index in [1.165, 1.54) is 0 Å². The summed E-state index contributed by atoms with van der Waals surface area (Å²) in [5.41, 5.74) is 0. The topological polar surface area (TPSA) is 0 Å². The van der Waals surface area contributed by atoms with Gasteiger partial charge in [-0.15, -0.1) is 0 Å². The summed E-state index contributed by atoms with van der Waals surface area (Å²) in [6, 6.07) is 0. The van der Waals surface area contributed by atoms with E-state index in [1.54, 1.807) is 0 Å². The first-order valence-electron chi connectivity index (χ1n) is 0. The molecule has 0 atom stereocenters. The summed E-state index contributed by atoms with van der Waals surface area (Å²) in [6.45, 7) is 0. The van der Waals surface area contributed by atoms with Crippen molar-refractivity contribution in [2.24, 2.45) is 0 Å². The van der Waals surface area contributed by atoms with Crippen molar-refractivity contribution in [2.75, 3.05) is 0 Å². The molecule has 0 aliphatic heterocycles. The van der Waals surface area contributed by atoms with E-state index in [9.17, 15) is 0 Å². The van der Waals surface area contributed by atoms with Crippen LogP contribution < -0.4 is 0 Å². The fourth-order valence-corrected chi connectivity index (χ4v) is 0. The first kappa shape index (κ1) is 46.5. The van der Waals surface area contributed by atoms with Crippen molar-refractivity contribution in [3.05, 3.63) is 0 Å². The molecule has 0 nitrogen and oxygen atoms in total. The zero-order chi connectivity index (χ0) is 0. The van der Waals surface area contributed by atoms with E-state index in [0.29, 0.717) is 0 Å². The van der Waals surface area contributed by atoms with E-state index in [-0.39, 0.29) is 105 Å². The number of rotatable bonds is 0. The zero-order valence-corrected chi connectivity index (χ0v) is 13.2. The molecule has 0 aromatic carbocycles. The molecule has 0 rings (SSSR count). The molecule has 0 saturated carbocycles. The smallest absolute Gasteiger partial charge is 0 e. The van der Waals surface area contributed by atoms with E-state index in [0.717, 1.165) is 0 Å². The van der Waals surface area contributed by atoms with Gasteiger partial charge in [0, 0.05) is 90.5 Å². The summed E-state index contributed by atoms with van der Waals surface area (Å²) in [6.07, 6.45) is 0. The molecule has 0 saturated heterocycles. The third kappa shape index (κ3) is 20.1. The Hall–Kier alpha value is 2.77. The molecule has 0 amide bonds. The van der Waals surface area contributed by atoms with Gasteiger partial charge in [0.15, 0.2) is 0 Å². The van der Waals surface area contributed by atoms with Crippen molar-refractivity contribution < 1.29 is 8.56 Å². The summed E-state index contributed by atoms with van der Waals surface area (Å²) in [7, 11) is 0. The van der Waals surface area contributed by atoms with E-state index in [2.05, 4.69) is 0 Å². The van der Waals surface area contributed by atoms with Gasteiger partial charge in [0.1, 0.15) is 0 Å². The molecule has 0 bridgehead atoms. The van der Waals surface area contributed by atoms with Gasteiger partial charge in [0.2, 0.25) is 0 Å². The molecule has 5 heavy (non-hydrogen) atoms. The predicted molar refractivity (Wildman–Crippen MR) is 43.4 cm³/mol. The largest absolute Gasteiger partial charge is 0.0776 e. The molecule has 0 spiro atoms. The van der Waals surface area contributed by atoms with Gasteiger partial charge in [-0.2, -0.15) is 0 Å². The van der Waals surface area contributed by atoms with Crippen LogP contribution in [0.15, 0.2) is 0 Å². The third-order valence-corrected chi connectivity index (χ3v) is 0. The van der Waals surface area contributed by atoms with E-state index >= 15 is 0 Å². The van der Waals surface area contributed by atoms with Crippen molar-refractivity contribution in [3.63, 3.8) is 0 Å². The van der Waals surface area contributed by atoms with Crippen molar-refractivity contribution in [2.45, 2.75) is 14.9 Å². The minimum Gasteiger partial charge on any atom is -0.0776 e. The van der Waals surface area contributed by atoms with Crippen LogP contribution in [0.1, 0.15) is 23.4 Å². The molecule has 0 N–H and O–H groups in total. The Labute approximate surface area is 104 Å². The van der Waals surface area contributed by atoms with Crippen LogP contribution in [0.4, 0.5) is 0 Å². The third-order valence-electron chi connectivity index (χ3n) is 0. The Morgan fingerprint density at radius 3 is 0.600 bits per heavy atom. The van der Waals surface area contributed by atoms with Gasteiger partial charge in [0.25, 0.3) is 0 Å². The predicted octanol–water partition coefficient (Wildman–Crippen LogP) is 1.61. The maximum absolute atomic E-state index is 0. The summed E-state index contributed by atoms with van der Waals surface area (Å²) < 4.78 is 0. The molecule has 12 radical (unpaired) electrons. The van der Waals surface area contributed by atoms with Gasteiger partial charge in [-0.3, -0.25) is 0 Å². The Kier molecular flexibility index (Phi) is 273. The van der Waals surface area contributed by atoms with Crippen LogP contribution in [-0.4, -0.2) is 81.9 Å². The van der Waals surface area contributed by atoms with Crippen LogP contribution in [0.5, 0.6) is 0 Å². The average Bonchev–Trinajstić information content (AvgIpc) is 0. The summed E-state index contributed by atoms with van der Waals surface area (Å²) in [4.78, 5) is 0. The molecule has 0 aliphatic carbocycles. The second-order valence-corrected chi connectivity index (χ2v) is 0. The molecule has 0 fully saturated rings. The van der Waals surface area contributed by atoms with E-state index in [4.69, 9.17) is 0 Å². The maximum Gasteiger partial charge on any atom is 0 e. The van der Waals surface area contributed by atoms with Crippen LogP contribution in [0.2, 0.25) is 0 Å². The van der Waals surface area contributed by atoms with Crippen molar-refractivity contribution in [1.82, 2.24) is 0 Å². The Morgan fingerprint density at radius 1 is 0.600 bits per heavy atom. The van der Waals surface area contributed by atoms with Crippen LogP contribution in [0.25, 0.3) is 0 Å². The second kappa shape index (κ2) is 29.4. The second-order valence-electron chi connectivity index (χ2n) is 0. The summed E-state index contributed by atoms with van der Waals surface area (Å²) in [5, 5.41) is 0. The fourth-order valence-electron chi connectivity index (χ4n) is 0. The Balaban J connectivity index is 0. The summed E-state index contributed by atoms with van der Waals surface area (Å²) >= 11 is 0. The molecular formula is C2H20Pb3. The first-order valence-corrected chi connectivity index (χ1v) is 0. The van der Waals surface area contributed by atoms with Crippen molar-refractivity contribution in [3.8, 4) is 0 Å². The van der Waals surface area contributed by atoms with Crippen molar-refractivity contribution >= 4 is 81.9 Å². The fraction of sp³-hybridized carbons (Fsp3) is 1.00. The monoisotopic (exact) mass is 668 g/mol. The molecule has 3 heteroatoms. The molecular weight excluding hydrogens is 646 g/mol. The molecule has 40 valence electrons. The zero-order valence-electron chi connectivity index (χ0n) is 1.50. The number of hydrogen-bond acceptors (Lipinski definition) is 0. The van der Waals surface area contributed by atoms with Gasteiger partial charge in [-0.25, -0.2) is 0 Å². The van der Waals surface area contributed by atoms with Crippen LogP contribution in [-0.2, 0) is 0 Å². The minimum atomic E-state index is 0. The van der Waals surface area contributed by atoms with Crippen LogP contribution in [0.3, 0.4) is 0 Å². The first-order chi connectivity index (χ1) is 0. The SMILES string of the molecule is C.C.[HH].[HH].[HH].[HH].[HH].[HH].[Pb].[Pb].[Pb]. The van der Waals surface area contributed by atoms with Crippen LogP contribution in [0, 0.1) is 0 Å². The van der Waals surface area contributed by atoms with Gasteiger partial charge in [-0.1, -0.05) is 14.9 Å². The Morgan fingerprint density at radius 2 is 0.600 bits per heavy atom. The average molecular weight is 666 g/mol. The van der Waals surface area contributed by atoms with Gasteiger partial charge in [0.05, 0.1) is 0 Å². The van der Waals surface area contributed by atoms with E-state index < -0.39 is 0 Å². The van der Waals surface area contributed by atoms with E-state index in [1.807, 2.05) is 0 Å². The standard InChI is InChI=1S/2CH4.3Pb.6H2/h2*1H4;;;;6*1H. The quantitative estimate of drug-likeness (QED) is 0.346. The normalized spacial score (nSPS) is 0. The van der Waals surface area contributed by atoms with Gasteiger partial charge < -0.3 is 0 Å². The molecule has 0 unspecified atom stereocenters. The summed E-state index contributed by atoms with van der Waals surface area (Å²) in [5.74, 6) is 0. The van der Waals surface area contributed by atoms with Gasteiger partial charge in [-0.05, 0) is 0 Å². The number of hydrogen-bond donors (Lipinski definition) is 0. The van der Waals surface area contributed by atoms with Gasteiger partial charge >= 0.3 is 0 Å². The molecule has 0 heterocycles. The maximum atomic E-state index is 0. The van der Waals surface area contributed by atoms with Crippen molar-refractivity contribution in [1.29, 1.82) is 0 Å². The molecule has 0 aromatic heterocycles. The Bertz CT molecular complexity index is 15.8.